The number of hydrogen-bond acceptors (Lipinski definition) is 1. The van der Waals surface area contributed by atoms with Gasteiger partial charge < -0.3 is 4.74 Å². The summed E-state index contributed by atoms with van der Waals surface area (Å²) < 4.78 is 45.3. The summed E-state index contributed by atoms with van der Waals surface area (Å²) >= 11 is 5.20. The fourth-order valence-electron chi connectivity index (χ4n) is 1.64. The van der Waals surface area contributed by atoms with E-state index in [0.717, 1.165) is 9.64 Å². The largest absolute Gasteiger partial charge is 0.457 e. The fraction of sp³-hybridized carbons (Fsp3) is 0.143. The second-order valence-corrected chi connectivity index (χ2v) is 5.81. The van der Waals surface area contributed by atoms with Crippen LogP contribution < -0.4 is 4.74 Å². The van der Waals surface area contributed by atoms with Crippen molar-refractivity contribution in [2.75, 3.05) is 0 Å². The lowest BCUT2D eigenvalue weighted by Gasteiger charge is -2.13. The third kappa shape index (κ3) is 3.88. The predicted octanol–water partition coefficient (Wildman–Crippen LogP) is 6.00. The number of ether oxygens (including phenoxy) is 1. The van der Waals surface area contributed by atoms with Crippen LogP contribution in [0.15, 0.2) is 42.5 Å². The molecule has 20 heavy (non-hydrogen) atoms. The Balaban J connectivity index is 2.31. The Bertz CT molecular complexity index is 596. The Kier molecular flexibility index (Phi) is 4.95. The van der Waals surface area contributed by atoms with Crippen molar-refractivity contribution in [1.29, 1.82) is 0 Å². The lowest BCUT2D eigenvalue weighted by Crippen LogP contribution is -2.08. The van der Waals surface area contributed by atoms with Crippen molar-refractivity contribution < 1.29 is 17.9 Å². The van der Waals surface area contributed by atoms with E-state index in [2.05, 4.69) is 38.5 Å². The van der Waals surface area contributed by atoms with E-state index in [0.29, 0.717) is 5.75 Å². The van der Waals surface area contributed by atoms with Crippen LogP contribution in [0.4, 0.5) is 13.2 Å². The van der Waals surface area contributed by atoms with E-state index in [1.54, 1.807) is 12.1 Å². The predicted molar refractivity (Wildman–Crippen MR) is 83.3 cm³/mol. The summed E-state index contributed by atoms with van der Waals surface area (Å²) in [6.07, 6.45) is -4.39. The van der Waals surface area contributed by atoms with Crippen molar-refractivity contribution in [1.82, 2.24) is 0 Å². The second kappa shape index (κ2) is 6.34. The topological polar surface area (TPSA) is 9.23 Å². The molecule has 0 atom stereocenters. The van der Waals surface area contributed by atoms with Crippen molar-refractivity contribution in [2.45, 2.75) is 11.5 Å². The molecule has 0 aliphatic carbocycles. The van der Waals surface area contributed by atoms with Gasteiger partial charge in [-0.05, 0) is 64.6 Å². The van der Waals surface area contributed by atoms with Gasteiger partial charge in [0.15, 0.2) is 0 Å². The average molecular weight is 457 g/mol. The summed E-state index contributed by atoms with van der Waals surface area (Å²) in [5.74, 6) is 0.674. The molecule has 0 saturated carbocycles. The summed E-state index contributed by atoms with van der Waals surface area (Å²) in [5, 5.41) is 0.144. The number of hydrogen-bond donors (Lipinski definition) is 0. The van der Waals surface area contributed by atoms with E-state index in [-0.39, 0.29) is 16.6 Å². The Morgan fingerprint density at radius 2 is 1.60 bits per heavy atom. The van der Waals surface area contributed by atoms with Crippen LogP contribution in [0.3, 0.4) is 0 Å². The molecule has 1 nitrogen and oxygen atoms in total. The van der Waals surface area contributed by atoms with Crippen LogP contribution in [0.5, 0.6) is 11.5 Å². The minimum atomic E-state index is -4.39. The second-order valence-electron chi connectivity index (χ2n) is 4.01. The molecule has 0 radical (unpaired) electrons. The smallest absolute Gasteiger partial charge is 0.416 e. The van der Waals surface area contributed by atoms with Gasteiger partial charge in [0.05, 0.1) is 5.56 Å². The van der Waals surface area contributed by atoms with E-state index in [1.807, 2.05) is 12.1 Å². The highest BCUT2D eigenvalue weighted by molar-refractivity contribution is 14.1. The van der Waals surface area contributed by atoms with Gasteiger partial charge >= 0.3 is 6.18 Å². The van der Waals surface area contributed by atoms with Gasteiger partial charge in [0, 0.05) is 8.90 Å². The number of rotatable bonds is 3. The quantitative estimate of drug-likeness (QED) is 0.406. The lowest BCUT2D eigenvalue weighted by molar-refractivity contribution is -0.138. The Morgan fingerprint density at radius 3 is 2.15 bits per heavy atom. The zero-order chi connectivity index (χ0) is 14.8. The maximum Gasteiger partial charge on any atom is 0.416 e. The summed E-state index contributed by atoms with van der Waals surface area (Å²) in [4.78, 5) is 0. The molecule has 2 aromatic rings. The number of halogens is 5. The first-order valence-corrected chi connectivity index (χ1v) is 7.79. The molecule has 2 rings (SSSR count). The highest BCUT2D eigenvalue weighted by atomic mass is 127. The lowest BCUT2D eigenvalue weighted by atomic mass is 10.1. The molecule has 0 aromatic heterocycles. The Morgan fingerprint density at radius 1 is 1.00 bits per heavy atom. The van der Waals surface area contributed by atoms with Gasteiger partial charge in [-0.25, -0.2) is 0 Å². The molecule has 0 spiro atoms. The summed E-state index contributed by atoms with van der Waals surface area (Å²) in [6, 6.07) is 11.1. The Labute approximate surface area is 136 Å². The van der Waals surface area contributed by atoms with Crippen LogP contribution >= 0.6 is 38.5 Å². The normalized spacial score (nSPS) is 11.4. The SMILES string of the molecule is FC(F)(F)c1cc(Oc2ccc(I)cc2)ccc1CBr. The molecule has 0 bridgehead atoms. The van der Waals surface area contributed by atoms with Crippen molar-refractivity contribution in [3.63, 3.8) is 0 Å². The summed E-state index contributed by atoms with van der Waals surface area (Å²) in [7, 11) is 0. The molecule has 0 fully saturated rings. The van der Waals surface area contributed by atoms with Gasteiger partial charge in [-0.2, -0.15) is 13.2 Å². The van der Waals surface area contributed by atoms with Crippen LogP contribution in [-0.2, 0) is 11.5 Å². The van der Waals surface area contributed by atoms with Gasteiger partial charge in [0.25, 0.3) is 0 Å². The fourth-order valence-corrected chi connectivity index (χ4v) is 2.49. The van der Waals surface area contributed by atoms with E-state index >= 15 is 0 Å². The average Bonchev–Trinajstić information content (AvgIpc) is 2.40. The first-order valence-electron chi connectivity index (χ1n) is 5.59. The minimum Gasteiger partial charge on any atom is -0.457 e. The van der Waals surface area contributed by atoms with Gasteiger partial charge in [-0.1, -0.05) is 22.0 Å². The van der Waals surface area contributed by atoms with Crippen molar-refractivity contribution >= 4 is 38.5 Å². The van der Waals surface area contributed by atoms with Crippen LogP contribution in [-0.4, -0.2) is 0 Å². The highest BCUT2D eigenvalue weighted by Gasteiger charge is 2.33. The highest BCUT2D eigenvalue weighted by Crippen LogP contribution is 2.36. The zero-order valence-electron chi connectivity index (χ0n) is 10.0. The van der Waals surface area contributed by atoms with Crippen LogP contribution in [0.1, 0.15) is 11.1 Å². The number of benzene rings is 2. The molecular weight excluding hydrogens is 448 g/mol. The maximum atomic E-state index is 12.9. The molecule has 0 unspecified atom stereocenters. The van der Waals surface area contributed by atoms with Crippen LogP contribution in [0, 0.1) is 3.57 Å². The van der Waals surface area contributed by atoms with E-state index in [9.17, 15) is 13.2 Å². The zero-order valence-corrected chi connectivity index (χ0v) is 13.8. The maximum absolute atomic E-state index is 12.9. The minimum absolute atomic E-state index is 0.144. The molecule has 0 amide bonds. The third-order valence-electron chi connectivity index (χ3n) is 2.58. The monoisotopic (exact) mass is 456 g/mol. The third-order valence-corrected chi connectivity index (χ3v) is 3.90. The van der Waals surface area contributed by atoms with E-state index in [4.69, 9.17) is 4.74 Å². The molecule has 0 aliphatic heterocycles. The molecule has 2 aromatic carbocycles. The first kappa shape index (κ1) is 15.6. The van der Waals surface area contributed by atoms with E-state index in [1.165, 1.54) is 12.1 Å². The van der Waals surface area contributed by atoms with Crippen LogP contribution in [0.2, 0.25) is 0 Å². The van der Waals surface area contributed by atoms with Gasteiger partial charge in [0.1, 0.15) is 11.5 Å². The number of alkyl halides is 4. The molecule has 0 N–H and O–H groups in total. The van der Waals surface area contributed by atoms with Gasteiger partial charge in [0.2, 0.25) is 0 Å². The van der Waals surface area contributed by atoms with Crippen molar-refractivity contribution in [2.24, 2.45) is 0 Å². The molecule has 0 aliphatic rings. The molecule has 0 heterocycles. The standard InChI is InChI=1S/C14H9BrF3IO/c15-8-9-1-4-12(7-13(9)14(16,17)18)20-11-5-2-10(19)3-6-11/h1-7H,8H2. The molecular formula is C14H9BrF3IO. The van der Waals surface area contributed by atoms with E-state index < -0.39 is 11.7 Å². The van der Waals surface area contributed by atoms with Gasteiger partial charge in [-0.3, -0.25) is 0 Å². The van der Waals surface area contributed by atoms with Gasteiger partial charge in [-0.15, -0.1) is 0 Å². The molecule has 6 heteroatoms. The van der Waals surface area contributed by atoms with Crippen molar-refractivity contribution in [3.05, 3.63) is 57.2 Å². The molecule has 0 saturated heterocycles. The Hall–Kier alpha value is -0.760. The molecule has 106 valence electrons. The van der Waals surface area contributed by atoms with Crippen molar-refractivity contribution in [3.8, 4) is 11.5 Å². The first-order chi connectivity index (χ1) is 9.40. The summed E-state index contributed by atoms with van der Waals surface area (Å²) in [5.41, 5.74) is -0.496. The summed E-state index contributed by atoms with van der Waals surface area (Å²) in [6.45, 7) is 0. The van der Waals surface area contributed by atoms with Crippen LogP contribution in [0.25, 0.3) is 0 Å².